The number of fused-ring (bicyclic) bond motifs is 1. The maximum Gasteiger partial charge on any atom is 0.142 e. The normalized spacial score (nSPS) is 20.5. The van der Waals surface area contributed by atoms with Gasteiger partial charge < -0.3 is 15.4 Å². The van der Waals surface area contributed by atoms with Crippen LogP contribution in [0.2, 0.25) is 0 Å². The Bertz CT molecular complexity index is 427. The van der Waals surface area contributed by atoms with E-state index >= 15 is 0 Å². The highest BCUT2D eigenvalue weighted by atomic mass is 16.5. The smallest absolute Gasteiger partial charge is 0.142 e. The van der Waals surface area contributed by atoms with Gasteiger partial charge in [-0.2, -0.15) is 0 Å². The molecule has 1 aliphatic carbocycles. The lowest BCUT2D eigenvalue weighted by molar-refractivity contribution is 0.323. The molecule has 1 atom stereocenters. The largest absolute Gasteiger partial charge is 0.490 e. The third-order valence-corrected chi connectivity index (χ3v) is 4.14. The third kappa shape index (κ3) is 3.21. The minimum atomic E-state index is 0.547. The number of nitrogens with one attached hydrogen (secondary N) is 2. The average Bonchev–Trinajstić information content (AvgIpc) is 2.91. The van der Waals surface area contributed by atoms with E-state index in [0.29, 0.717) is 6.04 Å². The summed E-state index contributed by atoms with van der Waals surface area (Å²) in [6.45, 7) is 3.97. The van der Waals surface area contributed by atoms with Gasteiger partial charge in [-0.05, 0) is 43.9 Å². The van der Waals surface area contributed by atoms with Crippen LogP contribution in [0.25, 0.3) is 0 Å². The summed E-state index contributed by atoms with van der Waals surface area (Å²) >= 11 is 0. The van der Waals surface area contributed by atoms with E-state index in [-0.39, 0.29) is 0 Å². The lowest BCUT2D eigenvalue weighted by Crippen LogP contribution is -2.35. The van der Waals surface area contributed by atoms with Gasteiger partial charge in [-0.15, -0.1) is 0 Å². The van der Waals surface area contributed by atoms with Crippen LogP contribution in [0, 0.1) is 0 Å². The van der Waals surface area contributed by atoms with Crippen LogP contribution in [-0.2, 0) is 6.42 Å². The third-order valence-electron chi connectivity index (χ3n) is 4.14. The summed E-state index contributed by atoms with van der Waals surface area (Å²) in [5.41, 5.74) is 2.53. The van der Waals surface area contributed by atoms with Crippen LogP contribution >= 0.6 is 0 Å². The van der Waals surface area contributed by atoms with Gasteiger partial charge in [0.2, 0.25) is 0 Å². The van der Waals surface area contributed by atoms with Gasteiger partial charge in [0, 0.05) is 18.6 Å². The van der Waals surface area contributed by atoms with Crippen molar-refractivity contribution >= 4 is 5.69 Å². The van der Waals surface area contributed by atoms with Gasteiger partial charge in [0.05, 0.1) is 5.69 Å². The molecule has 1 saturated carbocycles. The molecular formula is C16H24N2O. The van der Waals surface area contributed by atoms with Crippen molar-refractivity contribution in [1.82, 2.24) is 5.32 Å². The SMILES string of the molecule is CC(Cc1ccc2c(c1)NCCO2)NC1CCCC1. The summed E-state index contributed by atoms with van der Waals surface area (Å²) < 4.78 is 5.61. The Morgan fingerprint density at radius 3 is 3.05 bits per heavy atom. The number of ether oxygens (including phenoxy) is 1. The average molecular weight is 260 g/mol. The summed E-state index contributed by atoms with van der Waals surface area (Å²) in [5.74, 6) is 0.992. The van der Waals surface area contributed by atoms with E-state index in [0.717, 1.165) is 37.1 Å². The Morgan fingerprint density at radius 2 is 2.21 bits per heavy atom. The number of rotatable bonds is 4. The maximum atomic E-state index is 5.61. The minimum Gasteiger partial charge on any atom is -0.490 e. The Labute approximate surface area is 115 Å². The van der Waals surface area contributed by atoms with Gasteiger partial charge in [0.25, 0.3) is 0 Å². The molecule has 1 fully saturated rings. The molecular weight excluding hydrogens is 236 g/mol. The molecule has 3 nitrogen and oxygen atoms in total. The molecule has 19 heavy (non-hydrogen) atoms. The Balaban J connectivity index is 1.59. The van der Waals surface area contributed by atoms with Crippen molar-refractivity contribution in [3.05, 3.63) is 23.8 Å². The molecule has 104 valence electrons. The molecule has 1 aromatic carbocycles. The zero-order chi connectivity index (χ0) is 13.1. The van der Waals surface area contributed by atoms with Gasteiger partial charge in [-0.1, -0.05) is 18.9 Å². The predicted molar refractivity (Wildman–Crippen MR) is 79.0 cm³/mol. The molecule has 0 spiro atoms. The van der Waals surface area contributed by atoms with E-state index in [1.54, 1.807) is 0 Å². The van der Waals surface area contributed by atoms with E-state index in [2.05, 4.69) is 35.8 Å². The van der Waals surface area contributed by atoms with Gasteiger partial charge in [-0.3, -0.25) is 0 Å². The van der Waals surface area contributed by atoms with Crippen LogP contribution in [0.4, 0.5) is 5.69 Å². The van der Waals surface area contributed by atoms with Crippen LogP contribution in [0.3, 0.4) is 0 Å². The summed E-state index contributed by atoms with van der Waals surface area (Å²) in [4.78, 5) is 0. The van der Waals surface area contributed by atoms with Gasteiger partial charge in [0.15, 0.2) is 0 Å². The van der Waals surface area contributed by atoms with Gasteiger partial charge in [-0.25, -0.2) is 0 Å². The van der Waals surface area contributed by atoms with Crippen molar-refractivity contribution in [3.63, 3.8) is 0 Å². The topological polar surface area (TPSA) is 33.3 Å². The van der Waals surface area contributed by atoms with Gasteiger partial charge >= 0.3 is 0 Å². The Morgan fingerprint density at radius 1 is 1.37 bits per heavy atom. The van der Waals surface area contributed by atoms with Crippen molar-refractivity contribution in [1.29, 1.82) is 0 Å². The standard InChI is InChI=1S/C16H24N2O/c1-12(18-14-4-2-3-5-14)10-13-6-7-16-15(11-13)17-8-9-19-16/h6-7,11-12,14,17-18H,2-5,8-10H2,1H3. The van der Waals surface area contributed by atoms with Crippen LogP contribution in [0.15, 0.2) is 18.2 Å². The first-order valence-electron chi connectivity index (χ1n) is 7.57. The molecule has 1 unspecified atom stereocenters. The fourth-order valence-corrected chi connectivity index (χ4v) is 3.22. The minimum absolute atomic E-state index is 0.547. The highest BCUT2D eigenvalue weighted by Crippen LogP contribution is 2.28. The zero-order valence-corrected chi connectivity index (χ0v) is 11.7. The molecule has 0 amide bonds. The molecule has 0 aromatic heterocycles. The molecule has 1 heterocycles. The molecule has 1 aromatic rings. The maximum absolute atomic E-state index is 5.61. The second kappa shape index (κ2) is 5.83. The lowest BCUT2D eigenvalue weighted by atomic mass is 10.0. The fourth-order valence-electron chi connectivity index (χ4n) is 3.22. The first kappa shape index (κ1) is 12.8. The van der Waals surface area contributed by atoms with Crippen molar-refractivity contribution in [2.75, 3.05) is 18.5 Å². The molecule has 2 aliphatic rings. The van der Waals surface area contributed by atoms with Gasteiger partial charge in [0.1, 0.15) is 12.4 Å². The molecule has 2 N–H and O–H groups in total. The highest BCUT2D eigenvalue weighted by molar-refractivity contribution is 5.59. The Kier molecular flexibility index (Phi) is 3.92. The second-order valence-corrected chi connectivity index (χ2v) is 5.86. The van der Waals surface area contributed by atoms with E-state index in [4.69, 9.17) is 4.74 Å². The summed E-state index contributed by atoms with van der Waals surface area (Å²) in [7, 11) is 0. The zero-order valence-electron chi connectivity index (χ0n) is 11.7. The van der Waals surface area contributed by atoms with Crippen molar-refractivity contribution in [2.45, 2.75) is 51.1 Å². The lowest BCUT2D eigenvalue weighted by Gasteiger charge is -2.22. The molecule has 3 rings (SSSR count). The Hall–Kier alpha value is -1.22. The van der Waals surface area contributed by atoms with E-state index in [1.165, 1.54) is 31.2 Å². The highest BCUT2D eigenvalue weighted by Gasteiger charge is 2.17. The van der Waals surface area contributed by atoms with Crippen LogP contribution < -0.4 is 15.4 Å². The number of anilines is 1. The first-order valence-corrected chi connectivity index (χ1v) is 7.57. The molecule has 1 aliphatic heterocycles. The van der Waals surface area contributed by atoms with Crippen molar-refractivity contribution in [2.24, 2.45) is 0 Å². The predicted octanol–water partition coefficient (Wildman–Crippen LogP) is 2.95. The fraction of sp³-hybridized carbons (Fsp3) is 0.625. The molecule has 0 saturated heterocycles. The molecule has 3 heteroatoms. The molecule has 0 radical (unpaired) electrons. The van der Waals surface area contributed by atoms with E-state index < -0.39 is 0 Å². The monoisotopic (exact) mass is 260 g/mol. The number of hydrogen-bond donors (Lipinski definition) is 2. The second-order valence-electron chi connectivity index (χ2n) is 5.86. The molecule has 0 bridgehead atoms. The number of benzene rings is 1. The summed E-state index contributed by atoms with van der Waals surface area (Å²) in [6.07, 6.45) is 6.58. The summed E-state index contributed by atoms with van der Waals surface area (Å²) in [5, 5.41) is 7.16. The van der Waals surface area contributed by atoms with Crippen LogP contribution in [0.1, 0.15) is 38.2 Å². The van der Waals surface area contributed by atoms with Crippen molar-refractivity contribution in [3.8, 4) is 5.75 Å². The van der Waals surface area contributed by atoms with Crippen LogP contribution in [0.5, 0.6) is 5.75 Å². The number of hydrogen-bond acceptors (Lipinski definition) is 3. The van der Waals surface area contributed by atoms with E-state index in [9.17, 15) is 0 Å². The van der Waals surface area contributed by atoms with Crippen molar-refractivity contribution < 1.29 is 4.74 Å². The van der Waals surface area contributed by atoms with Crippen LogP contribution in [-0.4, -0.2) is 25.2 Å². The van der Waals surface area contributed by atoms with E-state index in [1.807, 2.05) is 0 Å². The quantitative estimate of drug-likeness (QED) is 0.873. The first-order chi connectivity index (χ1) is 9.31. The summed E-state index contributed by atoms with van der Waals surface area (Å²) in [6, 6.07) is 7.82.